The summed E-state index contributed by atoms with van der Waals surface area (Å²) in [6.07, 6.45) is 5.35. The maximum Gasteiger partial charge on any atom is 0.323 e. The molecule has 2 aromatic heterocycles. The first kappa shape index (κ1) is 21.1. The number of anilines is 2. The van der Waals surface area contributed by atoms with E-state index in [1.165, 1.54) is 11.1 Å². The zero-order chi connectivity index (χ0) is 22.6. The molecule has 1 atom stereocenters. The number of nitrogens with zero attached hydrogens (tertiary/aromatic N) is 2. The quantitative estimate of drug-likeness (QED) is 0.406. The fourth-order valence-electron chi connectivity index (χ4n) is 4.25. The van der Waals surface area contributed by atoms with Gasteiger partial charge in [-0.2, -0.15) is 0 Å². The first-order chi connectivity index (χ1) is 16.2. The molecule has 6 heteroatoms. The van der Waals surface area contributed by atoms with E-state index in [1.54, 1.807) is 12.4 Å². The van der Waals surface area contributed by atoms with Crippen LogP contribution in [-0.4, -0.2) is 28.5 Å². The Bertz CT molecular complexity index is 1280. The standard InChI is InChI=1S/C27H26N4O2/c1-18-22(20-7-3-2-4-8-20)9-5-10-23(18)31-26-25-21(12-14-29-26)15-19(16-30-25)17-33-27(32)24-11-6-13-28-24/h2-5,7-10,12,14-16,24,28H,6,11,13,17H2,1H3,(H,29,31)/t24-/m0/s1. The van der Waals surface area contributed by atoms with Crippen molar-refractivity contribution in [1.82, 2.24) is 15.3 Å². The van der Waals surface area contributed by atoms with Crippen LogP contribution in [0.2, 0.25) is 0 Å². The van der Waals surface area contributed by atoms with Crippen molar-refractivity contribution in [2.45, 2.75) is 32.4 Å². The van der Waals surface area contributed by atoms with Crippen LogP contribution >= 0.6 is 0 Å². The van der Waals surface area contributed by atoms with Gasteiger partial charge in [-0.15, -0.1) is 0 Å². The van der Waals surface area contributed by atoms with E-state index in [9.17, 15) is 4.79 Å². The maximum atomic E-state index is 12.2. The number of aromatic nitrogens is 2. The molecular weight excluding hydrogens is 412 g/mol. The van der Waals surface area contributed by atoms with Gasteiger partial charge in [0.1, 0.15) is 18.2 Å². The van der Waals surface area contributed by atoms with Crippen LogP contribution in [0, 0.1) is 6.92 Å². The van der Waals surface area contributed by atoms with Crippen LogP contribution in [-0.2, 0) is 16.1 Å². The monoisotopic (exact) mass is 438 g/mol. The molecule has 0 radical (unpaired) electrons. The first-order valence-electron chi connectivity index (χ1n) is 11.2. The van der Waals surface area contributed by atoms with Gasteiger partial charge in [0.25, 0.3) is 0 Å². The predicted molar refractivity (Wildman–Crippen MR) is 130 cm³/mol. The Morgan fingerprint density at radius 3 is 2.82 bits per heavy atom. The molecule has 1 saturated heterocycles. The molecule has 0 spiro atoms. The molecule has 0 bridgehead atoms. The van der Waals surface area contributed by atoms with Crippen LogP contribution in [0.25, 0.3) is 22.0 Å². The van der Waals surface area contributed by atoms with Crippen molar-refractivity contribution in [3.05, 3.63) is 84.2 Å². The number of esters is 1. The minimum atomic E-state index is -0.196. The Morgan fingerprint density at radius 1 is 1.12 bits per heavy atom. The minimum Gasteiger partial charge on any atom is -0.460 e. The van der Waals surface area contributed by atoms with E-state index in [-0.39, 0.29) is 18.6 Å². The number of hydrogen-bond acceptors (Lipinski definition) is 6. The Hall–Kier alpha value is -3.77. The van der Waals surface area contributed by atoms with Crippen molar-refractivity contribution in [2.24, 2.45) is 0 Å². The van der Waals surface area contributed by atoms with E-state index >= 15 is 0 Å². The van der Waals surface area contributed by atoms with Gasteiger partial charge in [0, 0.05) is 29.0 Å². The van der Waals surface area contributed by atoms with Gasteiger partial charge in [-0.1, -0.05) is 42.5 Å². The summed E-state index contributed by atoms with van der Waals surface area (Å²) in [4.78, 5) is 21.3. The number of pyridine rings is 2. The largest absolute Gasteiger partial charge is 0.460 e. The summed E-state index contributed by atoms with van der Waals surface area (Å²) < 4.78 is 5.49. The van der Waals surface area contributed by atoms with Gasteiger partial charge >= 0.3 is 5.97 Å². The van der Waals surface area contributed by atoms with Gasteiger partial charge in [-0.25, -0.2) is 4.98 Å². The Labute approximate surface area is 193 Å². The summed E-state index contributed by atoms with van der Waals surface area (Å²) >= 11 is 0. The minimum absolute atomic E-state index is 0.187. The number of fused-ring (bicyclic) bond motifs is 1. The molecule has 5 rings (SSSR count). The lowest BCUT2D eigenvalue weighted by molar-refractivity contribution is -0.147. The zero-order valence-electron chi connectivity index (χ0n) is 18.5. The Balaban J connectivity index is 1.37. The first-order valence-corrected chi connectivity index (χ1v) is 11.2. The van der Waals surface area contributed by atoms with Crippen LogP contribution in [0.15, 0.2) is 73.1 Å². The summed E-state index contributed by atoms with van der Waals surface area (Å²) in [6, 6.07) is 20.3. The van der Waals surface area contributed by atoms with Gasteiger partial charge in [-0.05, 0) is 61.2 Å². The second-order valence-electron chi connectivity index (χ2n) is 8.30. The highest BCUT2D eigenvalue weighted by atomic mass is 16.5. The highest BCUT2D eigenvalue weighted by Crippen LogP contribution is 2.31. The van der Waals surface area contributed by atoms with Crippen LogP contribution in [0.5, 0.6) is 0 Å². The van der Waals surface area contributed by atoms with E-state index in [0.717, 1.165) is 47.1 Å². The fourth-order valence-corrected chi connectivity index (χ4v) is 4.25. The average Bonchev–Trinajstić information content (AvgIpc) is 3.40. The molecule has 0 aliphatic carbocycles. The number of benzene rings is 2. The second kappa shape index (κ2) is 9.38. The second-order valence-corrected chi connectivity index (χ2v) is 8.30. The molecule has 33 heavy (non-hydrogen) atoms. The molecule has 3 heterocycles. The van der Waals surface area contributed by atoms with Crippen molar-refractivity contribution in [3.8, 4) is 11.1 Å². The van der Waals surface area contributed by atoms with Gasteiger partial charge in [-0.3, -0.25) is 9.78 Å². The molecule has 0 saturated carbocycles. The SMILES string of the molecule is Cc1c(Nc2nccc3cc(COC(=O)[C@@H]4CCCN4)cnc23)cccc1-c1ccccc1. The van der Waals surface area contributed by atoms with Crippen molar-refractivity contribution >= 4 is 28.4 Å². The van der Waals surface area contributed by atoms with Gasteiger partial charge < -0.3 is 15.4 Å². The lowest BCUT2D eigenvalue weighted by Crippen LogP contribution is -2.32. The molecule has 2 N–H and O–H groups in total. The lowest BCUT2D eigenvalue weighted by Gasteiger charge is -2.14. The smallest absolute Gasteiger partial charge is 0.323 e. The van der Waals surface area contributed by atoms with E-state index in [4.69, 9.17) is 4.74 Å². The van der Waals surface area contributed by atoms with Crippen LogP contribution in [0.3, 0.4) is 0 Å². The van der Waals surface area contributed by atoms with Crippen LogP contribution in [0.1, 0.15) is 24.0 Å². The predicted octanol–water partition coefficient (Wildman–Crippen LogP) is 5.14. The third-order valence-corrected chi connectivity index (χ3v) is 6.05. The molecule has 2 aromatic carbocycles. The topological polar surface area (TPSA) is 76.1 Å². The Kier molecular flexibility index (Phi) is 6.00. The lowest BCUT2D eigenvalue weighted by atomic mass is 9.99. The number of nitrogens with one attached hydrogen (secondary N) is 2. The molecule has 6 nitrogen and oxygen atoms in total. The van der Waals surface area contributed by atoms with Gasteiger partial charge in [0.2, 0.25) is 0 Å². The van der Waals surface area contributed by atoms with Crippen molar-refractivity contribution in [3.63, 3.8) is 0 Å². The molecular formula is C27H26N4O2. The van der Waals surface area contributed by atoms with Crippen LogP contribution in [0.4, 0.5) is 11.5 Å². The number of ether oxygens (including phenoxy) is 1. The highest BCUT2D eigenvalue weighted by molar-refractivity contribution is 5.91. The van der Waals surface area contributed by atoms with Gasteiger partial charge in [0.15, 0.2) is 5.82 Å². The number of rotatable bonds is 6. The molecule has 0 amide bonds. The number of carbonyl (C=O) groups is 1. The third-order valence-electron chi connectivity index (χ3n) is 6.05. The van der Waals surface area contributed by atoms with E-state index in [0.29, 0.717) is 5.82 Å². The summed E-state index contributed by atoms with van der Waals surface area (Å²) in [6.45, 7) is 3.19. The van der Waals surface area contributed by atoms with Crippen molar-refractivity contribution in [1.29, 1.82) is 0 Å². The summed E-state index contributed by atoms with van der Waals surface area (Å²) in [5, 5.41) is 7.57. The normalized spacial score (nSPS) is 15.5. The number of hydrogen-bond donors (Lipinski definition) is 2. The maximum absolute atomic E-state index is 12.2. The molecule has 0 unspecified atom stereocenters. The molecule has 1 aliphatic rings. The molecule has 166 valence electrons. The highest BCUT2D eigenvalue weighted by Gasteiger charge is 2.23. The van der Waals surface area contributed by atoms with E-state index in [1.807, 2.05) is 42.5 Å². The molecule has 1 fully saturated rings. The number of carbonyl (C=O) groups excluding carboxylic acids is 1. The third kappa shape index (κ3) is 4.56. The van der Waals surface area contributed by atoms with Crippen molar-refractivity contribution in [2.75, 3.05) is 11.9 Å². The average molecular weight is 439 g/mol. The van der Waals surface area contributed by atoms with Crippen molar-refractivity contribution < 1.29 is 9.53 Å². The van der Waals surface area contributed by atoms with Gasteiger partial charge in [0.05, 0.1) is 0 Å². The summed E-state index contributed by atoms with van der Waals surface area (Å²) in [5.41, 5.74) is 6.11. The summed E-state index contributed by atoms with van der Waals surface area (Å²) in [5.74, 6) is 0.498. The summed E-state index contributed by atoms with van der Waals surface area (Å²) in [7, 11) is 0. The molecule has 1 aliphatic heterocycles. The van der Waals surface area contributed by atoms with Crippen LogP contribution < -0.4 is 10.6 Å². The fraction of sp³-hybridized carbons (Fsp3) is 0.222. The molecule has 4 aromatic rings. The van der Waals surface area contributed by atoms with E-state index in [2.05, 4.69) is 45.7 Å². The van der Waals surface area contributed by atoms with E-state index < -0.39 is 0 Å². The Morgan fingerprint density at radius 2 is 2.00 bits per heavy atom. The zero-order valence-corrected chi connectivity index (χ0v) is 18.5.